The van der Waals surface area contributed by atoms with Gasteiger partial charge in [0.1, 0.15) is 29.4 Å². The first-order valence-corrected chi connectivity index (χ1v) is 18.2. The van der Waals surface area contributed by atoms with Crippen LogP contribution in [0.2, 0.25) is 0 Å². The summed E-state index contributed by atoms with van der Waals surface area (Å²) in [6.45, 7) is 6.52. The maximum atomic E-state index is 14.4. The molecule has 0 unspecified atom stereocenters. The molecule has 1 fully saturated rings. The van der Waals surface area contributed by atoms with Gasteiger partial charge in [-0.25, -0.2) is 0 Å². The van der Waals surface area contributed by atoms with Crippen LogP contribution in [-0.2, 0) is 43.2 Å². The van der Waals surface area contributed by atoms with Crippen LogP contribution in [0, 0.1) is 13.8 Å². The molecule has 2 aromatic rings. The standard InChI is InChI=1S/C34H46N6O7S2/c1-18-11-22(42)12-19(2)23(18)13-24(35)29(44)38-26-17-48-9-10-49-33(3,4)27(31(46)37-25(16-41)28(36)43)39-32(47)34(40-30(26)45)14-20-7-5-6-8-21(20)15-34/h5-8,11-12,24-27,41-42H,9-10,13-17,35H2,1-4H3,(H2,36,43)(H,37,46)(H,38,44)(H,39,47)(H,40,45)/t24-,25-,26+,27-/m0/s1. The first-order chi connectivity index (χ1) is 23.1. The number of benzene rings is 2. The number of aryl methyl sites for hydroxylation is 2. The Bertz CT molecular complexity index is 1550. The Morgan fingerprint density at radius 1 is 1.06 bits per heavy atom. The summed E-state index contributed by atoms with van der Waals surface area (Å²) in [6, 6.07) is 6.07. The van der Waals surface area contributed by atoms with E-state index in [0.717, 1.165) is 27.8 Å². The highest BCUT2D eigenvalue weighted by Gasteiger charge is 2.49. The van der Waals surface area contributed by atoms with Gasteiger partial charge in [-0.15, -0.1) is 0 Å². The Labute approximate surface area is 294 Å². The fourth-order valence-electron chi connectivity index (χ4n) is 6.24. The second kappa shape index (κ2) is 15.8. The van der Waals surface area contributed by atoms with Gasteiger partial charge in [0.25, 0.3) is 0 Å². The molecule has 1 aliphatic heterocycles. The molecule has 1 aliphatic carbocycles. The number of phenolic OH excluding ortho intramolecular Hbond substituents is 1. The van der Waals surface area contributed by atoms with Gasteiger partial charge in [-0.1, -0.05) is 24.3 Å². The maximum absolute atomic E-state index is 14.4. The van der Waals surface area contributed by atoms with Gasteiger partial charge >= 0.3 is 0 Å². The number of aliphatic hydroxyl groups is 1. The van der Waals surface area contributed by atoms with Crippen molar-refractivity contribution in [3.63, 3.8) is 0 Å². The number of fused-ring (bicyclic) bond motifs is 1. The molecule has 1 saturated heterocycles. The van der Waals surface area contributed by atoms with Gasteiger partial charge in [-0.2, -0.15) is 23.5 Å². The van der Waals surface area contributed by atoms with Crippen LogP contribution in [0.5, 0.6) is 5.75 Å². The molecule has 0 radical (unpaired) electrons. The van der Waals surface area contributed by atoms with Crippen LogP contribution in [-0.4, -0.2) is 98.1 Å². The van der Waals surface area contributed by atoms with Crippen molar-refractivity contribution in [2.24, 2.45) is 11.5 Å². The molecule has 5 amide bonds. The third-order valence-electron chi connectivity index (χ3n) is 9.04. The van der Waals surface area contributed by atoms with Crippen molar-refractivity contribution in [3.8, 4) is 5.75 Å². The smallest absolute Gasteiger partial charge is 0.247 e. The Kier molecular flexibility index (Phi) is 12.3. The molecule has 0 saturated carbocycles. The number of nitrogens with two attached hydrogens (primary N) is 2. The molecule has 1 spiro atoms. The fraction of sp³-hybridized carbons (Fsp3) is 0.500. The number of nitrogens with one attached hydrogen (secondary N) is 4. The zero-order valence-electron chi connectivity index (χ0n) is 28.1. The molecule has 1 heterocycles. The normalized spacial score (nSPS) is 21.8. The number of hydrogen-bond donors (Lipinski definition) is 8. The number of rotatable bonds is 8. The van der Waals surface area contributed by atoms with Gasteiger partial charge in [0.05, 0.1) is 12.6 Å². The van der Waals surface area contributed by atoms with Crippen molar-refractivity contribution in [2.45, 2.75) is 81.4 Å². The van der Waals surface area contributed by atoms with Crippen LogP contribution in [0.4, 0.5) is 0 Å². The lowest BCUT2D eigenvalue weighted by Crippen LogP contribution is -2.68. The van der Waals surface area contributed by atoms with Gasteiger partial charge in [-0.05, 0) is 74.1 Å². The number of thioether (sulfide) groups is 2. The van der Waals surface area contributed by atoms with E-state index in [1.807, 2.05) is 38.1 Å². The third-order valence-corrected chi connectivity index (χ3v) is 11.7. The number of carbonyl (C=O) groups excluding carboxylic acids is 5. The minimum Gasteiger partial charge on any atom is -0.508 e. The summed E-state index contributed by atoms with van der Waals surface area (Å²) in [5.41, 5.74) is 14.3. The number of amides is 5. The summed E-state index contributed by atoms with van der Waals surface area (Å²) in [4.78, 5) is 67.4. The summed E-state index contributed by atoms with van der Waals surface area (Å²) >= 11 is 2.85. The molecule has 10 N–H and O–H groups in total. The molecule has 4 atom stereocenters. The van der Waals surface area contributed by atoms with Gasteiger partial charge in [0.2, 0.25) is 29.5 Å². The topological polar surface area (TPSA) is 226 Å². The van der Waals surface area contributed by atoms with Crippen molar-refractivity contribution >= 4 is 53.1 Å². The van der Waals surface area contributed by atoms with E-state index in [1.54, 1.807) is 26.0 Å². The molecule has 13 nitrogen and oxygen atoms in total. The molecular formula is C34H46N6O7S2. The second-order valence-corrected chi connectivity index (χ2v) is 16.1. The fourth-order valence-corrected chi connectivity index (χ4v) is 8.55. The van der Waals surface area contributed by atoms with E-state index >= 15 is 0 Å². The Hall–Kier alpha value is -3.79. The first kappa shape index (κ1) is 38.0. The molecule has 49 heavy (non-hydrogen) atoms. The van der Waals surface area contributed by atoms with E-state index in [2.05, 4.69) is 21.3 Å². The van der Waals surface area contributed by atoms with Crippen LogP contribution < -0.4 is 32.7 Å². The Morgan fingerprint density at radius 2 is 1.67 bits per heavy atom. The summed E-state index contributed by atoms with van der Waals surface area (Å²) in [5.74, 6) is -1.97. The number of primary amides is 1. The Morgan fingerprint density at radius 3 is 2.24 bits per heavy atom. The largest absolute Gasteiger partial charge is 0.508 e. The first-order valence-electron chi connectivity index (χ1n) is 16.0. The summed E-state index contributed by atoms with van der Waals surface area (Å²) in [5, 5.41) is 30.6. The van der Waals surface area contributed by atoms with Gasteiger partial charge in [0, 0.05) is 34.8 Å². The SMILES string of the molecule is Cc1cc(O)cc(C)c1C[C@H](N)C(=O)N[C@@H]1CSCCSC(C)(C)[C@H](C(=O)N[C@@H](CO)C(N)=O)NC(=O)C2(Cc3ccccc3C2)NC1=O. The van der Waals surface area contributed by atoms with E-state index in [-0.39, 0.29) is 30.8 Å². The van der Waals surface area contributed by atoms with Crippen LogP contribution >= 0.6 is 23.5 Å². The molecule has 0 aromatic heterocycles. The minimum atomic E-state index is -1.51. The summed E-state index contributed by atoms with van der Waals surface area (Å²) in [6.07, 6.45) is 0.459. The van der Waals surface area contributed by atoms with Gasteiger partial charge in [0.15, 0.2) is 0 Å². The van der Waals surface area contributed by atoms with E-state index < -0.39 is 70.6 Å². The van der Waals surface area contributed by atoms with E-state index in [0.29, 0.717) is 11.5 Å². The number of aliphatic hydroxyl groups excluding tert-OH is 1. The predicted molar refractivity (Wildman–Crippen MR) is 190 cm³/mol. The highest BCUT2D eigenvalue weighted by Crippen LogP contribution is 2.34. The van der Waals surface area contributed by atoms with Crippen molar-refractivity contribution in [2.75, 3.05) is 23.9 Å². The predicted octanol–water partition coefficient (Wildman–Crippen LogP) is -0.277. The van der Waals surface area contributed by atoms with Crippen LogP contribution in [0.25, 0.3) is 0 Å². The van der Waals surface area contributed by atoms with Crippen molar-refractivity contribution in [1.29, 1.82) is 0 Å². The second-order valence-electron chi connectivity index (χ2n) is 13.2. The molecule has 4 rings (SSSR count). The van der Waals surface area contributed by atoms with Crippen LogP contribution in [0.1, 0.15) is 41.7 Å². The Balaban J connectivity index is 1.63. The van der Waals surface area contributed by atoms with Crippen molar-refractivity contribution in [3.05, 3.63) is 64.2 Å². The molecule has 2 aromatic carbocycles. The van der Waals surface area contributed by atoms with Crippen LogP contribution in [0.15, 0.2) is 36.4 Å². The molecule has 266 valence electrons. The minimum absolute atomic E-state index is 0.120. The lowest BCUT2D eigenvalue weighted by Gasteiger charge is -2.37. The average Bonchev–Trinajstić information content (AvgIpc) is 3.41. The molecule has 2 aliphatic rings. The zero-order chi connectivity index (χ0) is 36.1. The van der Waals surface area contributed by atoms with E-state index in [9.17, 15) is 34.2 Å². The molecular weight excluding hydrogens is 669 g/mol. The number of hydrogen-bond acceptors (Lipinski definition) is 10. The lowest BCUT2D eigenvalue weighted by atomic mass is 9.91. The van der Waals surface area contributed by atoms with E-state index in [1.165, 1.54) is 23.5 Å². The van der Waals surface area contributed by atoms with E-state index in [4.69, 9.17) is 11.5 Å². The summed E-state index contributed by atoms with van der Waals surface area (Å²) < 4.78 is -0.895. The lowest BCUT2D eigenvalue weighted by molar-refractivity contribution is -0.138. The van der Waals surface area contributed by atoms with Crippen LogP contribution in [0.3, 0.4) is 0 Å². The quantitative estimate of drug-likeness (QED) is 0.179. The average molecular weight is 715 g/mol. The van der Waals surface area contributed by atoms with Crippen molar-refractivity contribution in [1.82, 2.24) is 21.3 Å². The molecule has 15 heteroatoms. The molecule has 0 bridgehead atoms. The van der Waals surface area contributed by atoms with Gasteiger partial charge < -0.3 is 42.9 Å². The summed E-state index contributed by atoms with van der Waals surface area (Å²) in [7, 11) is 0. The van der Waals surface area contributed by atoms with Gasteiger partial charge in [-0.3, -0.25) is 24.0 Å². The monoisotopic (exact) mass is 714 g/mol. The van der Waals surface area contributed by atoms with Crippen molar-refractivity contribution < 1.29 is 34.2 Å². The zero-order valence-corrected chi connectivity index (χ0v) is 29.8. The number of phenols is 1. The highest BCUT2D eigenvalue weighted by atomic mass is 32.2. The maximum Gasteiger partial charge on any atom is 0.247 e. The number of aromatic hydroxyl groups is 1. The number of carbonyl (C=O) groups is 5. The highest BCUT2D eigenvalue weighted by molar-refractivity contribution is 8.03. The third kappa shape index (κ3) is 9.07.